The number of halogens is 1. The van der Waals surface area contributed by atoms with Gasteiger partial charge in [0.05, 0.1) is 11.4 Å². The van der Waals surface area contributed by atoms with Crippen LogP contribution in [0.5, 0.6) is 0 Å². The Bertz CT molecular complexity index is 474. The third-order valence-electron chi connectivity index (χ3n) is 2.26. The van der Waals surface area contributed by atoms with E-state index in [1.54, 1.807) is 16.8 Å². The van der Waals surface area contributed by atoms with Gasteiger partial charge in [0, 0.05) is 12.6 Å². The molecule has 0 aliphatic carbocycles. The number of hydrogen-bond donors (Lipinski definition) is 1. The van der Waals surface area contributed by atoms with E-state index in [4.69, 9.17) is 0 Å². The van der Waals surface area contributed by atoms with Gasteiger partial charge in [0.1, 0.15) is 11.6 Å². The second-order valence-electron chi connectivity index (χ2n) is 3.59. The fourth-order valence-electron chi connectivity index (χ4n) is 1.59. The molecule has 0 aliphatic rings. The van der Waals surface area contributed by atoms with Gasteiger partial charge in [0.2, 0.25) is 0 Å². The zero-order chi connectivity index (χ0) is 11.5. The first-order valence-corrected chi connectivity index (χ1v) is 5.27. The van der Waals surface area contributed by atoms with Crippen molar-refractivity contribution in [2.24, 2.45) is 0 Å². The molecule has 1 aromatic carbocycles. The van der Waals surface area contributed by atoms with Gasteiger partial charge in [-0.15, -0.1) is 0 Å². The summed E-state index contributed by atoms with van der Waals surface area (Å²) in [6, 6.07) is 8.25. The molecule has 2 aromatic rings. The maximum absolute atomic E-state index is 12.8. The average Bonchev–Trinajstić information content (AvgIpc) is 2.61. The van der Waals surface area contributed by atoms with Crippen molar-refractivity contribution in [1.29, 1.82) is 0 Å². The molecule has 16 heavy (non-hydrogen) atoms. The number of anilines is 1. The minimum Gasteiger partial charge on any atom is -0.370 e. The normalized spacial score (nSPS) is 10.4. The molecule has 0 aliphatic heterocycles. The summed E-state index contributed by atoms with van der Waals surface area (Å²) in [5.74, 6) is 0.684. The highest BCUT2D eigenvalue weighted by Crippen LogP contribution is 2.17. The van der Waals surface area contributed by atoms with E-state index in [-0.39, 0.29) is 5.82 Å². The summed E-state index contributed by atoms with van der Waals surface area (Å²) in [6.07, 6.45) is 0. The van der Waals surface area contributed by atoms with Crippen LogP contribution in [0.25, 0.3) is 5.69 Å². The van der Waals surface area contributed by atoms with E-state index in [0.717, 1.165) is 23.7 Å². The van der Waals surface area contributed by atoms with Crippen molar-refractivity contribution < 1.29 is 4.39 Å². The molecule has 0 radical (unpaired) electrons. The van der Waals surface area contributed by atoms with Gasteiger partial charge >= 0.3 is 0 Å². The maximum Gasteiger partial charge on any atom is 0.130 e. The smallest absolute Gasteiger partial charge is 0.130 e. The van der Waals surface area contributed by atoms with E-state index in [9.17, 15) is 4.39 Å². The second-order valence-corrected chi connectivity index (χ2v) is 3.59. The summed E-state index contributed by atoms with van der Waals surface area (Å²) in [5.41, 5.74) is 1.78. The van der Waals surface area contributed by atoms with Crippen LogP contribution in [0.4, 0.5) is 10.2 Å². The molecule has 0 amide bonds. The molecule has 1 aromatic heterocycles. The lowest BCUT2D eigenvalue weighted by Crippen LogP contribution is -2.05. The van der Waals surface area contributed by atoms with Gasteiger partial charge < -0.3 is 5.32 Å². The van der Waals surface area contributed by atoms with Crippen LogP contribution in [-0.2, 0) is 0 Å². The molecule has 1 N–H and O–H groups in total. The fraction of sp³-hybridized carbons (Fsp3) is 0.250. The number of rotatable bonds is 3. The Kier molecular flexibility index (Phi) is 2.90. The molecule has 0 bridgehead atoms. The molecule has 0 spiro atoms. The molecule has 3 nitrogen and oxygen atoms in total. The number of hydrogen-bond acceptors (Lipinski definition) is 2. The summed E-state index contributed by atoms with van der Waals surface area (Å²) in [4.78, 5) is 0. The second kappa shape index (κ2) is 4.35. The monoisotopic (exact) mass is 219 g/mol. The van der Waals surface area contributed by atoms with Crippen molar-refractivity contribution in [2.45, 2.75) is 13.8 Å². The van der Waals surface area contributed by atoms with Crippen molar-refractivity contribution in [3.63, 3.8) is 0 Å². The number of nitrogens with one attached hydrogen (secondary N) is 1. The van der Waals surface area contributed by atoms with Gasteiger partial charge in [-0.3, -0.25) is 0 Å². The van der Waals surface area contributed by atoms with Crippen molar-refractivity contribution >= 4 is 5.82 Å². The molecular weight excluding hydrogens is 205 g/mol. The lowest BCUT2D eigenvalue weighted by Gasteiger charge is -2.07. The standard InChI is InChI=1S/C12H14FN3/c1-3-14-12-8-9(2)15-16(12)11-6-4-10(13)5-7-11/h4-8,14H,3H2,1-2H3. The number of nitrogens with zero attached hydrogens (tertiary/aromatic N) is 2. The molecule has 2 rings (SSSR count). The summed E-state index contributed by atoms with van der Waals surface area (Å²) < 4.78 is 14.6. The van der Waals surface area contributed by atoms with Crippen molar-refractivity contribution in [1.82, 2.24) is 9.78 Å². The predicted molar refractivity (Wildman–Crippen MR) is 62.4 cm³/mol. The van der Waals surface area contributed by atoms with Crippen LogP contribution in [0.3, 0.4) is 0 Å². The van der Waals surface area contributed by atoms with E-state index in [1.165, 1.54) is 12.1 Å². The van der Waals surface area contributed by atoms with E-state index in [0.29, 0.717) is 0 Å². The molecular formula is C12H14FN3. The van der Waals surface area contributed by atoms with E-state index in [1.807, 2.05) is 19.9 Å². The Morgan fingerprint density at radius 3 is 2.62 bits per heavy atom. The SMILES string of the molecule is CCNc1cc(C)nn1-c1ccc(F)cc1. The van der Waals surface area contributed by atoms with Gasteiger partial charge in [-0.25, -0.2) is 9.07 Å². The van der Waals surface area contributed by atoms with Crippen LogP contribution in [0.2, 0.25) is 0 Å². The van der Waals surface area contributed by atoms with Crippen molar-refractivity contribution in [2.75, 3.05) is 11.9 Å². The Morgan fingerprint density at radius 2 is 2.00 bits per heavy atom. The Hall–Kier alpha value is -1.84. The lowest BCUT2D eigenvalue weighted by molar-refractivity contribution is 0.627. The van der Waals surface area contributed by atoms with Crippen molar-refractivity contribution in [3.8, 4) is 5.69 Å². The molecule has 1 heterocycles. The third kappa shape index (κ3) is 2.05. The Balaban J connectivity index is 2.42. The van der Waals surface area contributed by atoms with Crippen molar-refractivity contribution in [3.05, 3.63) is 41.8 Å². The topological polar surface area (TPSA) is 29.9 Å². The predicted octanol–water partition coefficient (Wildman–Crippen LogP) is 2.75. The fourth-order valence-corrected chi connectivity index (χ4v) is 1.59. The largest absolute Gasteiger partial charge is 0.370 e. The number of aryl methyl sites for hydroxylation is 1. The van der Waals surface area contributed by atoms with Gasteiger partial charge in [0.25, 0.3) is 0 Å². The highest BCUT2D eigenvalue weighted by molar-refractivity contribution is 5.46. The molecule has 84 valence electrons. The Morgan fingerprint density at radius 1 is 1.31 bits per heavy atom. The zero-order valence-electron chi connectivity index (χ0n) is 9.37. The van der Waals surface area contributed by atoms with Crippen LogP contribution < -0.4 is 5.32 Å². The van der Waals surface area contributed by atoms with E-state index >= 15 is 0 Å². The van der Waals surface area contributed by atoms with E-state index < -0.39 is 0 Å². The summed E-state index contributed by atoms with van der Waals surface area (Å²) >= 11 is 0. The third-order valence-corrected chi connectivity index (χ3v) is 2.26. The summed E-state index contributed by atoms with van der Waals surface area (Å²) in [7, 11) is 0. The van der Waals surface area contributed by atoms with Crippen LogP contribution in [-0.4, -0.2) is 16.3 Å². The van der Waals surface area contributed by atoms with Gasteiger partial charge in [0.15, 0.2) is 0 Å². The molecule has 0 fully saturated rings. The highest BCUT2D eigenvalue weighted by Gasteiger charge is 2.06. The number of aromatic nitrogens is 2. The van der Waals surface area contributed by atoms with Gasteiger partial charge in [-0.1, -0.05) is 0 Å². The lowest BCUT2D eigenvalue weighted by atomic mass is 10.3. The van der Waals surface area contributed by atoms with Gasteiger partial charge in [-0.2, -0.15) is 5.10 Å². The summed E-state index contributed by atoms with van der Waals surface area (Å²) in [5, 5.41) is 7.58. The molecule has 0 saturated heterocycles. The number of benzene rings is 1. The van der Waals surface area contributed by atoms with Crippen LogP contribution >= 0.6 is 0 Å². The molecule has 0 unspecified atom stereocenters. The first kappa shape index (κ1) is 10.7. The van der Waals surface area contributed by atoms with Crippen LogP contribution in [0, 0.1) is 12.7 Å². The first-order chi connectivity index (χ1) is 7.70. The van der Waals surface area contributed by atoms with Gasteiger partial charge in [-0.05, 0) is 38.1 Å². The molecule has 0 atom stereocenters. The quantitative estimate of drug-likeness (QED) is 0.860. The highest BCUT2D eigenvalue weighted by atomic mass is 19.1. The minimum absolute atomic E-state index is 0.238. The summed E-state index contributed by atoms with van der Waals surface area (Å²) in [6.45, 7) is 4.78. The average molecular weight is 219 g/mol. The molecule has 4 heteroatoms. The molecule has 0 saturated carbocycles. The zero-order valence-corrected chi connectivity index (χ0v) is 9.37. The van der Waals surface area contributed by atoms with Crippen LogP contribution in [0.1, 0.15) is 12.6 Å². The Labute approximate surface area is 93.9 Å². The first-order valence-electron chi connectivity index (χ1n) is 5.27. The maximum atomic E-state index is 12.8. The van der Waals surface area contributed by atoms with Crippen LogP contribution in [0.15, 0.2) is 30.3 Å². The minimum atomic E-state index is -0.238. The van der Waals surface area contributed by atoms with E-state index in [2.05, 4.69) is 10.4 Å².